The Morgan fingerprint density at radius 1 is 1.52 bits per heavy atom. The van der Waals surface area contributed by atoms with Crippen LogP contribution in [0.1, 0.15) is 24.6 Å². The van der Waals surface area contributed by atoms with E-state index in [2.05, 4.69) is 10.3 Å². The molecule has 1 atom stereocenters. The van der Waals surface area contributed by atoms with Gasteiger partial charge in [0.2, 0.25) is 0 Å². The van der Waals surface area contributed by atoms with Crippen LogP contribution in [0.25, 0.3) is 6.08 Å². The Labute approximate surface area is 166 Å². The molecule has 0 radical (unpaired) electrons. The Bertz CT molecular complexity index is 823. The lowest BCUT2D eigenvalue weighted by Crippen LogP contribution is -2.31. The van der Waals surface area contributed by atoms with E-state index in [9.17, 15) is 9.18 Å². The standard InChI is InChI=1S/C19H20ClFN2O3S/c1-12(23-18(24)9-21)2-6-15-10-22-19(27-15)26-17-7-5-14(8-16(17)20)25-11-13-3-4-13/h2,5-8,10,12-13H,3-4,9,11H2,1H3,(H,23,24)/t12-/m0/s1. The summed E-state index contributed by atoms with van der Waals surface area (Å²) in [6.45, 7) is 1.46. The van der Waals surface area contributed by atoms with E-state index in [0.29, 0.717) is 21.9 Å². The fraction of sp³-hybridized carbons (Fsp3) is 0.368. The first-order valence-corrected chi connectivity index (χ1v) is 9.82. The molecule has 0 spiro atoms. The van der Waals surface area contributed by atoms with Gasteiger partial charge in [-0.15, -0.1) is 0 Å². The maximum atomic E-state index is 12.2. The van der Waals surface area contributed by atoms with Gasteiger partial charge in [-0.3, -0.25) is 4.79 Å². The number of nitrogens with zero attached hydrogens (tertiary/aromatic N) is 1. The molecule has 0 saturated heterocycles. The molecule has 1 aromatic heterocycles. The lowest BCUT2D eigenvalue weighted by molar-refractivity contribution is -0.122. The van der Waals surface area contributed by atoms with Gasteiger partial charge in [0.1, 0.15) is 11.5 Å². The second-order valence-corrected chi connectivity index (χ2v) is 7.76. The summed E-state index contributed by atoms with van der Waals surface area (Å²) in [7, 11) is 0. The average molecular weight is 411 g/mol. The SMILES string of the molecule is C[C@@H](C=Cc1cnc(Oc2ccc(OCC3CC3)cc2Cl)s1)NC(=O)CF. The molecule has 2 aromatic rings. The van der Waals surface area contributed by atoms with Crippen LogP contribution < -0.4 is 14.8 Å². The highest BCUT2D eigenvalue weighted by molar-refractivity contribution is 7.14. The van der Waals surface area contributed by atoms with Crippen LogP contribution in [0.5, 0.6) is 16.7 Å². The summed E-state index contributed by atoms with van der Waals surface area (Å²) < 4.78 is 23.6. The zero-order valence-electron chi connectivity index (χ0n) is 14.8. The molecule has 3 rings (SSSR count). The molecule has 0 unspecified atom stereocenters. The van der Waals surface area contributed by atoms with E-state index in [1.165, 1.54) is 24.2 Å². The van der Waals surface area contributed by atoms with Crippen LogP contribution in [-0.2, 0) is 4.79 Å². The lowest BCUT2D eigenvalue weighted by Gasteiger charge is -2.08. The van der Waals surface area contributed by atoms with Crippen LogP contribution >= 0.6 is 22.9 Å². The van der Waals surface area contributed by atoms with E-state index in [4.69, 9.17) is 21.1 Å². The lowest BCUT2D eigenvalue weighted by atomic mass is 10.3. The summed E-state index contributed by atoms with van der Waals surface area (Å²) in [5, 5.41) is 3.41. The van der Waals surface area contributed by atoms with E-state index in [1.807, 2.05) is 6.07 Å². The number of rotatable bonds is 9. The first-order valence-electron chi connectivity index (χ1n) is 8.63. The molecular weight excluding hydrogens is 391 g/mol. The van der Waals surface area contributed by atoms with Gasteiger partial charge in [-0.05, 0) is 43.9 Å². The van der Waals surface area contributed by atoms with E-state index in [-0.39, 0.29) is 6.04 Å². The van der Waals surface area contributed by atoms with Crippen molar-refractivity contribution in [2.75, 3.05) is 13.3 Å². The highest BCUT2D eigenvalue weighted by atomic mass is 35.5. The smallest absolute Gasteiger partial charge is 0.279 e. The summed E-state index contributed by atoms with van der Waals surface area (Å²) in [4.78, 5) is 16.0. The van der Waals surface area contributed by atoms with E-state index in [1.54, 1.807) is 37.4 Å². The van der Waals surface area contributed by atoms with Gasteiger partial charge in [0.15, 0.2) is 6.67 Å². The van der Waals surface area contributed by atoms with Crippen molar-refractivity contribution in [2.24, 2.45) is 5.92 Å². The number of ether oxygens (including phenoxy) is 2. The summed E-state index contributed by atoms with van der Waals surface area (Å²) in [5.74, 6) is 1.27. The number of thiazole rings is 1. The topological polar surface area (TPSA) is 60.5 Å². The van der Waals surface area contributed by atoms with Crippen LogP contribution in [0.2, 0.25) is 5.02 Å². The highest BCUT2D eigenvalue weighted by Crippen LogP contribution is 2.35. The number of hydrogen-bond acceptors (Lipinski definition) is 5. The predicted molar refractivity (Wildman–Crippen MR) is 104 cm³/mol. The van der Waals surface area contributed by atoms with Crippen molar-refractivity contribution in [1.29, 1.82) is 0 Å². The Hall–Kier alpha value is -2.12. The van der Waals surface area contributed by atoms with Gasteiger partial charge in [-0.25, -0.2) is 9.37 Å². The van der Waals surface area contributed by atoms with Crippen molar-refractivity contribution in [3.8, 4) is 16.7 Å². The van der Waals surface area contributed by atoms with Gasteiger partial charge in [-0.1, -0.05) is 29.0 Å². The number of hydrogen-bond donors (Lipinski definition) is 1. The van der Waals surface area contributed by atoms with Crippen molar-refractivity contribution in [1.82, 2.24) is 10.3 Å². The molecule has 1 aliphatic rings. The maximum Gasteiger partial charge on any atom is 0.279 e. The molecule has 0 aliphatic heterocycles. The van der Waals surface area contributed by atoms with Gasteiger partial charge in [-0.2, -0.15) is 0 Å². The van der Waals surface area contributed by atoms with Crippen LogP contribution in [0.15, 0.2) is 30.5 Å². The van der Waals surface area contributed by atoms with Crippen molar-refractivity contribution >= 4 is 34.9 Å². The molecule has 1 aromatic carbocycles. The van der Waals surface area contributed by atoms with Gasteiger partial charge in [0.25, 0.3) is 11.1 Å². The normalized spacial score (nSPS) is 14.9. The van der Waals surface area contributed by atoms with Crippen molar-refractivity contribution in [2.45, 2.75) is 25.8 Å². The first-order chi connectivity index (χ1) is 13.0. The quantitative estimate of drug-likeness (QED) is 0.641. The third-order valence-electron chi connectivity index (χ3n) is 3.84. The molecule has 5 nitrogen and oxygen atoms in total. The Morgan fingerprint density at radius 3 is 3.04 bits per heavy atom. The molecule has 1 N–H and O–H groups in total. The molecule has 144 valence electrons. The van der Waals surface area contributed by atoms with Gasteiger partial charge >= 0.3 is 0 Å². The first kappa shape index (κ1) is 19.6. The van der Waals surface area contributed by atoms with Crippen LogP contribution in [-0.4, -0.2) is 30.2 Å². The Morgan fingerprint density at radius 2 is 2.33 bits per heavy atom. The third kappa shape index (κ3) is 6.22. The van der Waals surface area contributed by atoms with Crippen LogP contribution in [0.3, 0.4) is 0 Å². The zero-order valence-corrected chi connectivity index (χ0v) is 16.4. The minimum absolute atomic E-state index is 0.280. The Balaban J connectivity index is 1.55. The molecule has 8 heteroatoms. The maximum absolute atomic E-state index is 12.2. The third-order valence-corrected chi connectivity index (χ3v) is 4.98. The minimum Gasteiger partial charge on any atom is -0.493 e. The number of halogens is 2. The van der Waals surface area contributed by atoms with Crippen molar-refractivity contribution < 1.29 is 18.7 Å². The summed E-state index contributed by atoms with van der Waals surface area (Å²) in [5.41, 5.74) is 0. The number of amides is 1. The number of carbonyl (C=O) groups excluding carboxylic acids is 1. The van der Waals surface area contributed by atoms with Crippen LogP contribution in [0.4, 0.5) is 4.39 Å². The van der Waals surface area contributed by atoms with Gasteiger partial charge < -0.3 is 14.8 Å². The molecule has 1 fully saturated rings. The van der Waals surface area contributed by atoms with Gasteiger partial charge in [0.05, 0.1) is 16.5 Å². The number of carbonyl (C=O) groups is 1. The zero-order chi connectivity index (χ0) is 19.2. The minimum atomic E-state index is -1.03. The largest absolute Gasteiger partial charge is 0.493 e. The molecule has 27 heavy (non-hydrogen) atoms. The van der Waals surface area contributed by atoms with E-state index >= 15 is 0 Å². The average Bonchev–Trinajstić information content (AvgIpc) is 3.38. The fourth-order valence-corrected chi connectivity index (χ4v) is 3.12. The number of nitrogens with one attached hydrogen (secondary N) is 1. The fourth-order valence-electron chi connectivity index (χ4n) is 2.22. The number of benzene rings is 1. The Kier molecular flexibility index (Phi) is 6.68. The van der Waals surface area contributed by atoms with E-state index in [0.717, 1.165) is 17.2 Å². The molecule has 1 heterocycles. The number of alkyl halides is 1. The highest BCUT2D eigenvalue weighted by Gasteiger charge is 2.22. The molecule has 1 aliphatic carbocycles. The molecule has 1 saturated carbocycles. The van der Waals surface area contributed by atoms with E-state index < -0.39 is 12.6 Å². The monoisotopic (exact) mass is 410 g/mol. The van der Waals surface area contributed by atoms with Crippen molar-refractivity contribution in [3.63, 3.8) is 0 Å². The number of aromatic nitrogens is 1. The summed E-state index contributed by atoms with van der Waals surface area (Å²) >= 11 is 7.60. The molecule has 1 amide bonds. The van der Waals surface area contributed by atoms with Gasteiger partial charge in [0, 0.05) is 18.3 Å². The predicted octanol–water partition coefficient (Wildman–Crippen LogP) is 4.87. The molecule has 0 bridgehead atoms. The summed E-state index contributed by atoms with van der Waals surface area (Å²) in [6.07, 6.45) is 7.67. The molecular formula is C19H20ClFN2O3S. The summed E-state index contributed by atoms with van der Waals surface area (Å²) in [6, 6.07) is 5.05. The second kappa shape index (κ2) is 9.19. The second-order valence-electron chi connectivity index (χ2n) is 6.33. The van der Waals surface area contributed by atoms with Crippen molar-refractivity contribution in [3.05, 3.63) is 40.4 Å². The van der Waals surface area contributed by atoms with Crippen LogP contribution in [0, 0.1) is 5.92 Å².